The van der Waals surface area contributed by atoms with Crippen LogP contribution in [0.2, 0.25) is 5.02 Å². The third kappa shape index (κ3) is 3.94. The summed E-state index contributed by atoms with van der Waals surface area (Å²) in [5, 5.41) is 13.1. The summed E-state index contributed by atoms with van der Waals surface area (Å²) in [6.07, 6.45) is 0. The molecule has 106 valence electrons. The minimum Gasteiger partial charge on any atom is -0.483 e. The van der Waals surface area contributed by atoms with Gasteiger partial charge in [-0.25, -0.2) is 0 Å². The first kappa shape index (κ1) is 17.9. The van der Waals surface area contributed by atoms with Crippen LogP contribution in [-0.4, -0.2) is 21.4 Å². The van der Waals surface area contributed by atoms with E-state index in [9.17, 15) is 0 Å². The number of carboxylic acid groups (broad SMARTS) is 1. The molecule has 0 bridgehead atoms. The van der Waals surface area contributed by atoms with Crippen molar-refractivity contribution in [1.29, 1.82) is 0 Å². The molecule has 0 unspecified atom stereocenters. The SMILES string of the molecule is CC.Cc1c(Cl)cc2c(Br)nn(C)c2c1C.O=CO. The Balaban J connectivity index is 0.000000573. The molecule has 0 aliphatic carbocycles. The van der Waals surface area contributed by atoms with E-state index >= 15 is 0 Å². The lowest BCUT2D eigenvalue weighted by atomic mass is 10.1. The zero-order valence-corrected chi connectivity index (χ0v) is 14.0. The minimum atomic E-state index is -0.250. The average Bonchev–Trinajstić information content (AvgIpc) is 2.65. The molecular weight excluding hydrogens is 332 g/mol. The summed E-state index contributed by atoms with van der Waals surface area (Å²) < 4.78 is 2.72. The summed E-state index contributed by atoms with van der Waals surface area (Å²) in [5.74, 6) is 0. The number of rotatable bonds is 0. The second-order valence-corrected chi connectivity index (χ2v) is 4.68. The highest BCUT2D eigenvalue weighted by Gasteiger charge is 2.12. The van der Waals surface area contributed by atoms with E-state index < -0.39 is 0 Å². The van der Waals surface area contributed by atoms with E-state index in [-0.39, 0.29) is 6.47 Å². The Kier molecular flexibility index (Phi) is 7.71. The maximum absolute atomic E-state index is 8.36. The summed E-state index contributed by atoms with van der Waals surface area (Å²) in [5.41, 5.74) is 3.45. The van der Waals surface area contributed by atoms with Crippen LogP contribution in [0.25, 0.3) is 10.9 Å². The van der Waals surface area contributed by atoms with Crippen molar-refractivity contribution in [2.75, 3.05) is 0 Å². The molecule has 19 heavy (non-hydrogen) atoms. The van der Waals surface area contributed by atoms with E-state index in [2.05, 4.69) is 28.0 Å². The van der Waals surface area contributed by atoms with E-state index in [4.69, 9.17) is 21.5 Å². The average molecular weight is 350 g/mol. The fourth-order valence-electron chi connectivity index (χ4n) is 1.67. The molecule has 0 radical (unpaired) electrons. The van der Waals surface area contributed by atoms with Gasteiger partial charge in [0.1, 0.15) is 4.60 Å². The molecule has 0 aliphatic rings. The number of fused-ring (bicyclic) bond motifs is 1. The van der Waals surface area contributed by atoms with Crippen LogP contribution in [0.4, 0.5) is 0 Å². The number of aromatic nitrogens is 2. The van der Waals surface area contributed by atoms with Gasteiger partial charge in [0.15, 0.2) is 0 Å². The van der Waals surface area contributed by atoms with Crippen LogP contribution in [0.3, 0.4) is 0 Å². The number of carbonyl (C=O) groups is 1. The normalized spacial score (nSPS) is 9.21. The van der Waals surface area contributed by atoms with Crippen LogP contribution in [0.5, 0.6) is 0 Å². The van der Waals surface area contributed by atoms with E-state index in [0.717, 1.165) is 26.1 Å². The zero-order valence-electron chi connectivity index (χ0n) is 11.7. The van der Waals surface area contributed by atoms with Crippen molar-refractivity contribution in [3.05, 3.63) is 26.8 Å². The summed E-state index contributed by atoms with van der Waals surface area (Å²) in [6.45, 7) is 7.84. The van der Waals surface area contributed by atoms with Crippen molar-refractivity contribution >= 4 is 44.9 Å². The molecule has 2 rings (SSSR count). The van der Waals surface area contributed by atoms with Gasteiger partial charge in [-0.1, -0.05) is 25.4 Å². The summed E-state index contributed by atoms with van der Waals surface area (Å²) in [7, 11) is 1.94. The fourth-order valence-corrected chi connectivity index (χ4v) is 2.46. The van der Waals surface area contributed by atoms with Crippen molar-refractivity contribution in [3.8, 4) is 0 Å². The molecule has 0 fully saturated rings. The number of aryl methyl sites for hydroxylation is 2. The second-order valence-electron chi connectivity index (χ2n) is 3.52. The largest absolute Gasteiger partial charge is 0.483 e. The van der Waals surface area contributed by atoms with E-state index in [1.165, 1.54) is 5.56 Å². The molecule has 6 heteroatoms. The summed E-state index contributed by atoms with van der Waals surface area (Å²) in [6, 6.07) is 1.95. The number of nitrogens with zero attached hydrogens (tertiary/aromatic N) is 2. The van der Waals surface area contributed by atoms with Gasteiger partial charge in [-0.15, -0.1) is 0 Å². The molecule has 0 spiro atoms. The van der Waals surface area contributed by atoms with Crippen molar-refractivity contribution in [2.45, 2.75) is 27.7 Å². The van der Waals surface area contributed by atoms with Gasteiger partial charge in [-0.3, -0.25) is 9.48 Å². The molecule has 0 aliphatic heterocycles. The number of hydrogen-bond acceptors (Lipinski definition) is 2. The second kappa shape index (κ2) is 8.17. The lowest BCUT2D eigenvalue weighted by molar-refractivity contribution is -0.122. The van der Waals surface area contributed by atoms with E-state index in [0.29, 0.717) is 0 Å². The summed E-state index contributed by atoms with van der Waals surface area (Å²) >= 11 is 9.54. The Bertz CT molecular complexity index is 568. The highest BCUT2D eigenvalue weighted by Crippen LogP contribution is 2.31. The van der Waals surface area contributed by atoms with Crippen LogP contribution in [0.1, 0.15) is 25.0 Å². The van der Waals surface area contributed by atoms with Crippen molar-refractivity contribution < 1.29 is 9.90 Å². The molecule has 4 nitrogen and oxygen atoms in total. The molecular formula is C13H18BrClN2O2. The first-order valence-corrected chi connectivity index (χ1v) is 6.96. The Morgan fingerprint density at radius 2 is 1.84 bits per heavy atom. The van der Waals surface area contributed by atoms with Crippen molar-refractivity contribution in [1.82, 2.24) is 9.78 Å². The van der Waals surface area contributed by atoms with Crippen LogP contribution in [-0.2, 0) is 11.8 Å². The minimum absolute atomic E-state index is 0.250. The zero-order chi connectivity index (χ0) is 15.2. The van der Waals surface area contributed by atoms with Crippen LogP contribution in [0, 0.1) is 13.8 Å². The Labute approximate surface area is 126 Å². The maximum atomic E-state index is 8.36. The Hall–Kier alpha value is -1.07. The highest BCUT2D eigenvalue weighted by atomic mass is 79.9. The monoisotopic (exact) mass is 348 g/mol. The lowest BCUT2D eigenvalue weighted by Gasteiger charge is -2.05. The Morgan fingerprint density at radius 1 is 1.37 bits per heavy atom. The molecule has 2 aromatic rings. The van der Waals surface area contributed by atoms with Crippen LogP contribution in [0.15, 0.2) is 10.7 Å². The van der Waals surface area contributed by atoms with Crippen LogP contribution < -0.4 is 0 Å². The van der Waals surface area contributed by atoms with Gasteiger partial charge in [-0.2, -0.15) is 5.10 Å². The third-order valence-corrected chi connectivity index (χ3v) is 3.56. The number of hydrogen-bond donors (Lipinski definition) is 1. The number of benzene rings is 1. The topological polar surface area (TPSA) is 55.1 Å². The van der Waals surface area contributed by atoms with Gasteiger partial charge < -0.3 is 5.11 Å². The fraction of sp³-hybridized carbons (Fsp3) is 0.385. The molecule has 1 heterocycles. The van der Waals surface area contributed by atoms with Gasteiger partial charge >= 0.3 is 0 Å². The molecule has 0 saturated carbocycles. The van der Waals surface area contributed by atoms with E-state index in [1.807, 2.05) is 38.6 Å². The predicted molar refractivity (Wildman–Crippen MR) is 82.9 cm³/mol. The first-order valence-electron chi connectivity index (χ1n) is 5.79. The summed E-state index contributed by atoms with van der Waals surface area (Å²) in [4.78, 5) is 8.36. The molecule has 0 saturated heterocycles. The third-order valence-electron chi connectivity index (χ3n) is 2.59. The smallest absolute Gasteiger partial charge is 0.290 e. The van der Waals surface area contributed by atoms with Crippen molar-refractivity contribution in [3.63, 3.8) is 0 Å². The van der Waals surface area contributed by atoms with Gasteiger partial charge in [0.2, 0.25) is 0 Å². The van der Waals surface area contributed by atoms with Gasteiger partial charge in [-0.05, 0) is 47.0 Å². The standard InChI is InChI=1S/C10H10BrClN2.C2H6.CH2O2/c1-5-6(2)9-7(4-8(5)12)10(11)13-14(9)3;1-2;2-1-3/h4H,1-3H3;1-2H3;1H,(H,2,3). The molecule has 1 N–H and O–H groups in total. The number of halogens is 2. The lowest BCUT2D eigenvalue weighted by Crippen LogP contribution is -1.93. The van der Waals surface area contributed by atoms with E-state index in [1.54, 1.807) is 0 Å². The van der Waals surface area contributed by atoms with Crippen molar-refractivity contribution in [2.24, 2.45) is 7.05 Å². The highest BCUT2D eigenvalue weighted by molar-refractivity contribution is 9.10. The van der Waals surface area contributed by atoms with Gasteiger partial charge in [0, 0.05) is 17.5 Å². The maximum Gasteiger partial charge on any atom is 0.290 e. The van der Waals surface area contributed by atoms with Gasteiger partial charge in [0.05, 0.1) is 5.52 Å². The first-order chi connectivity index (χ1) is 8.93. The molecule has 1 aromatic carbocycles. The predicted octanol–water partition coefficient (Wildman–Crippen LogP) is 4.33. The van der Waals surface area contributed by atoms with Gasteiger partial charge in [0.25, 0.3) is 6.47 Å². The Morgan fingerprint density at radius 3 is 2.32 bits per heavy atom. The molecule has 0 atom stereocenters. The molecule has 0 amide bonds. The molecule has 1 aromatic heterocycles. The van der Waals surface area contributed by atoms with Crippen LogP contribution >= 0.6 is 27.5 Å². The quantitative estimate of drug-likeness (QED) is 0.720.